The summed E-state index contributed by atoms with van der Waals surface area (Å²) in [5.74, 6) is 1.18. The largest absolute Gasteiger partial charge is 0.497 e. The minimum atomic E-state index is -0.483. The van der Waals surface area contributed by atoms with Crippen LogP contribution in [0.15, 0.2) is 58.0 Å². The molecule has 0 amide bonds. The van der Waals surface area contributed by atoms with E-state index in [0.717, 1.165) is 5.56 Å². The predicted octanol–water partition coefficient (Wildman–Crippen LogP) is 5.29. The van der Waals surface area contributed by atoms with E-state index in [0.29, 0.717) is 39.4 Å². The predicted molar refractivity (Wildman–Crippen MR) is 108 cm³/mol. The van der Waals surface area contributed by atoms with Gasteiger partial charge in [-0.15, -0.1) is 0 Å². The topological polar surface area (TPSA) is 89.9 Å². The highest BCUT2D eigenvalue weighted by Gasteiger charge is 2.19. The molecule has 9 heteroatoms. The average molecular weight is 420 g/mol. The summed E-state index contributed by atoms with van der Waals surface area (Å²) in [4.78, 5) is 10.8. The highest BCUT2D eigenvalue weighted by molar-refractivity contribution is 6.35. The summed E-state index contributed by atoms with van der Waals surface area (Å²) in [6.45, 7) is 0.340. The molecule has 0 aliphatic rings. The lowest BCUT2D eigenvalue weighted by molar-refractivity contribution is -0.384. The minimum Gasteiger partial charge on any atom is -0.497 e. The smallest absolute Gasteiger partial charge is 0.284 e. The first kappa shape index (κ1) is 19.7. The van der Waals surface area contributed by atoms with Gasteiger partial charge in [-0.2, -0.15) is 5.10 Å². The van der Waals surface area contributed by atoms with Crippen LogP contribution in [0.4, 0.5) is 5.69 Å². The van der Waals surface area contributed by atoms with Gasteiger partial charge in [0.2, 0.25) is 0 Å². The number of nitro benzene ring substituents is 1. The third kappa shape index (κ3) is 4.44. The summed E-state index contributed by atoms with van der Waals surface area (Å²) in [5.41, 5.74) is 3.82. The Morgan fingerprint density at radius 2 is 1.96 bits per heavy atom. The van der Waals surface area contributed by atoms with Gasteiger partial charge in [-0.1, -0.05) is 29.3 Å². The third-order valence-corrected chi connectivity index (χ3v) is 4.60. The lowest BCUT2D eigenvalue weighted by Crippen LogP contribution is -2.06. The van der Waals surface area contributed by atoms with Crippen molar-refractivity contribution in [2.45, 2.75) is 6.54 Å². The summed E-state index contributed by atoms with van der Waals surface area (Å²) < 4.78 is 10.7. The molecule has 28 heavy (non-hydrogen) atoms. The molecule has 2 aromatic carbocycles. The van der Waals surface area contributed by atoms with E-state index in [-0.39, 0.29) is 5.69 Å². The second kappa shape index (κ2) is 8.77. The van der Waals surface area contributed by atoms with Crippen LogP contribution in [-0.4, -0.2) is 18.2 Å². The minimum absolute atomic E-state index is 0.108. The highest BCUT2D eigenvalue weighted by atomic mass is 35.5. The number of benzene rings is 2. The summed E-state index contributed by atoms with van der Waals surface area (Å²) in [5, 5.41) is 16.5. The van der Waals surface area contributed by atoms with E-state index in [1.807, 2.05) is 0 Å². The van der Waals surface area contributed by atoms with Gasteiger partial charge in [0.25, 0.3) is 5.69 Å². The SMILES string of the molecule is COc1ccc(-c2ccc(/C=N\NCc3c(Cl)cccc3Cl)o2)c([N+](=O)[O-])c1. The first-order valence-corrected chi connectivity index (χ1v) is 8.86. The molecule has 144 valence electrons. The van der Waals surface area contributed by atoms with Crippen molar-refractivity contribution in [3.8, 4) is 17.1 Å². The van der Waals surface area contributed by atoms with Crippen LogP contribution in [0.25, 0.3) is 11.3 Å². The Kier molecular flexibility index (Phi) is 6.18. The molecular formula is C19H15Cl2N3O4. The van der Waals surface area contributed by atoms with Crippen molar-refractivity contribution in [2.75, 3.05) is 7.11 Å². The van der Waals surface area contributed by atoms with Crippen molar-refractivity contribution in [3.63, 3.8) is 0 Å². The van der Waals surface area contributed by atoms with Crippen molar-refractivity contribution >= 4 is 35.1 Å². The maximum Gasteiger partial charge on any atom is 0.284 e. The molecule has 7 nitrogen and oxygen atoms in total. The lowest BCUT2D eigenvalue weighted by Gasteiger charge is -2.05. The van der Waals surface area contributed by atoms with Gasteiger partial charge in [0.05, 0.1) is 36.4 Å². The van der Waals surface area contributed by atoms with Crippen LogP contribution in [0.5, 0.6) is 5.75 Å². The monoisotopic (exact) mass is 419 g/mol. The first-order valence-electron chi connectivity index (χ1n) is 8.11. The van der Waals surface area contributed by atoms with E-state index in [1.54, 1.807) is 42.5 Å². The molecule has 0 fully saturated rings. The van der Waals surface area contributed by atoms with Gasteiger partial charge >= 0.3 is 0 Å². The Morgan fingerprint density at radius 1 is 1.21 bits per heavy atom. The maximum absolute atomic E-state index is 11.3. The number of hydrogen-bond acceptors (Lipinski definition) is 6. The summed E-state index contributed by atoms with van der Waals surface area (Å²) in [6, 6.07) is 13.1. The third-order valence-electron chi connectivity index (χ3n) is 3.89. The Labute approximate surface area is 170 Å². The van der Waals surface area contributed by atoms with Gasteiger partial charge < -0.3 is 14.6 Å². The number of halogens is 2. The summed E-state index contributed by atoms with van der Waals surface area (Å²) >= 11 is 12.2. The Balaban J connectivity index is 1.72. The quantitative estimate of drug-likeness (QED) is 0.319. The fourth-order valence-electron chi connectivity index (χ4n) is 2.50. The fraction of sp³-hybridized carbons (Fsp3) is 0.105. The molecular weight excluding hydrogens is 405 g/mol. The Bertz CT molecular complexity index is 1010. The molecule has 0 unspecified atom stereocenters. The summed E-state index contributed by atoms with van der Waals surface area (Å²) in [6.07, 6.45) is 1.46. The number of nitro groups is 1. The number of furan rings is 1. The number of rotatable bonds is 7. The van der Waals surface area contributed by atoms with E-state index in [9.17, 15) is 10.1 Å². The van der Waals surface area contributed by atoms with Gasteiger partial charge in [-0.25, -0.2) is 0 Å². The molecule has 0 spiro atoms. The number of hydrazone groups is 1. The van der Waals surface area contributed by atoms with Gasteiger partial charge in [-0.3, -0.25) is 10.1 Å². The number of hydrogen-bond donors (Lipinski definition) is 1. The first-order chi connectivity index (χ1) is 13.5. The van der Waals surface area contributed by atoms with Crippen LogP contribution in [0.2, 0.25) is 10.0 Å². The molecule has 0 aliphatic carbocycles. The molecule has 0 radical (unpaired) electrons. The molecule has 0 saturated heterocycles. The zero-order chi connectivity index (χ0) is 20.1. The maximum atomic E-state index is 11.3. The van der Waals surface area contributed by atoms with E-state index >= 15 is 0 Å². The average Bonchev–Trinajstić information content (AvgIpc) is 3.15. The van der Waals surface area contributed by atoms with Crippen LogP contribution in [-0.2, 0) is 6.54 Å². The number of methoxy groups -OCH3 is 1. The molecule has 3 rings (SSSR count). The zero-order valence-electron chi connectivity index (χ0n) is 14.7. The van der Waals surface area contributed by atoms with E-state index < -0.39 is 4.92 Å². The lowest BCUT2D eigenvalue weighted by atomic mass is 10.1. The van der Waals surface area contributed by atoms with E-state index in [4.69, 9.17) is 32.4 Å². The molecule has 1 heterocycles. The van der Waals surface area contributed by atoms with Crippen molar-refractivity contribution < 1.29 is 14.1 Å². The van der Waals surface area contributed by atoms with Crippen molar-refractivity contribution in [1.29, 1.82) is 0 Å². The van der Waals surface area contributed by atoms with Crippen LogP contribution < -0.4 is 10.2 Å². The normalized spacial score (nSPS) is 11.0. The van der Waals surface area contributed by atoms with Gasteiger partial charge in [0, 0.05) is 15.6 Å². The molecule has 0 bridgehead atoms. The molecule has 1 aromatic heterocycles. The van der Waals surface area contributed by atoms with E-state index in [1.165, 1.54) is 19.4 Å². The van der Waals surface area contributed by atoms with Crippen LogP contribution in [0.1, 0.15) is 11.3 Å². The van der Waals surface area contributed by atoms with Crippen LogP contribution in [0.3, 0.4) is 0 Å². The van der Waals surface area contributed by atoms with Crippen molar-refractivity contribution in [1.82, 2.24) is 5.43 Å². The standard InChI is InChI=1S/C19H15Cl2N3O4/c1-27-12-5-7-14(18(9-12)24(25)26)19-8-6-13(28-19)10-22-23-11-15-16(20)3-2-4-17(15)21/h2-10,23H,11H2,1H3/b22-10-. The van der Waals surface area contributed by atoms with Crippen molar-refractivity contribution in [3.05, 3.63) is 80.0 Å². The van der Waals surface area contributed by atoms with Gasteiger partial charge in [0.1, 0.15) is 17.3 Å². The van der Waals surface area contributed by atoms with Gasteiger partial charge in [0.15, 0.2) is 0 Å². The molecule has 0 saturated carbocycles. The van der Waals surface area contributed by atoms with Crippen LogP contribution in [0, 0.1) is 10.1 Å². The Morgan fingerprint density at radius 3 is 2.64 bits per heavy atom. The highest BCUT2D eigenvalue weighted by Crippen LogP contribution is 2.34. The van der Waals surface area contributed by atoms with Crippen molar-refractivity contribution in [2.24, 2.45) is 5.10 Å². The fourth-order valence-corrected chi connectivity index (χ4v) is 3.03. The number of nitrogens with zero attached hydrogens (tertiary/aromatic N) is 2. The van der Waals surface area contributed by atoms with Gasteiger partial charge in [-0.05, 0) is 36.4 Å². The number of ether oxygens (including phenoxy) is 1. The Hall–Kier alpha value is -3.03. The molecule has 0 aliphatic heterocycles. The number of nitrogens with one attached hydrogen (secondary N) is 1. The zero-order valence-corrected chi connectivity index (χ0v) is 16.2. The van der Waals surface area contributed by atoms with E-state index in [2.05, 4.69) is 10.5 Å². The molecule has 0 atom stereocenters. The second-order valence-electron chi connectivity index (χ2n) is 5.64. The summed E-state index contributed by atoms with van der Waals surface area (Å²) in [7, 11) is 1.45. The molecule has 3 aromatic rings. The molecule has 1 N–H and O–H groups in total. The second-order valence-corrected chi connectivity index (χ2v) is 6.45. The van der Waals surface area contributed by atoms with Crippen LogP contribution >= 0.6 is 23.2 Å².